The number of benzene rings is 1. The van der Waals surface area contributed by atoms with E-state index in [4.69, 9.17) is 0 Å². The predicted octanol–water partition coefficient (Wildman–Crippen LogP) is 4.22. The highest BCUT2D eigenvalue weighted by Crippen LogP contribution is 2.27. The van der Waals surface area contributed by atoms with Gasteiger partial charge >= 0.3 is 0 Å². The van der Waals surface area contributed by atoms with Gasteiger partial charge < -0.3 is 4.40 Å². The molecule has 0 fully saturated rings. The Labute approximate surface area is 101 Å². The molecule has 2 heterocycles. The van der Waals surface area contributed by atoms with Crippen LogP contribution in [0.15, 0.2) is 54.7 Å². The quantitative estimate of drug-likeness (QED) is 0.579. The lowest BCUT2D eigenvalue weighted by Crippen LogP contribution is -1.87. The molecule has 1 heteroatoms. The van der Waals surface area contributed by atoms with E-state index in [0.717, 1.165) is 0 Å². The number of rotatable bonds is 1. The van der Waals surface area contributed by atoms with Crippen molar-refractivity contribution in [2.75, 3.05) is 0 Å². The van der Waals surface area contributed by atoms with E-state index in [9.17, 15) is 0 Å². The fourth-order valence-corrected chi connectivity index (χ4v) is 2.34. The summed E-state index contributed by atoms with van der Waals surface area (Å²) in [6.07, 6.45) is 2.15. The first kappa shape index (κ1) is 10.2. The molecule has 3 rings (SSSR count). The molecule has 0 saturated heterocycles. The number of nitrogens with zero attached hydrogens (tertiary/aromatic N) is 1. The van der Waals surface area contributed by atoms with Crippen LogP contribution in [0.25, 0.3) is 16.6 Å². The minimum Gasteiger partial charge on any atom is -0.321 e. The molecular weight excluding hydrogens is 206 g/mol. The van der Waals surface area contributed by atoms with Gasteiger partial charge in [0.2, 0.25) is 0 Å². The van der Waals surface area contributed by atoms with Crippen LogP contribution in [0.4, 0.5) is 0 Å². The number of hydrogen-bond acceptors (Lipinski definition) is 0. The van der Waals surface area contributed by atoms with E-state index < -0.39 is 0 Å². The third kappa shape index (κ3) is 1.64. The highest BCUT2D eigenvalue weighted by atomic mass is 14.9. The Kier molecular flexibility index (Phi) is 2.25. The average Bonchev–Trinajstić information content (AvgIpc) is 2.67. The van der Waals surface area contributed by atoms with Crippen molar-refractivity contribution in [2.24, 2.45) is 0 Å². The van der Waals surface area contributed by atoms with E-state index >= 15 is 0 Å². The molecule has 0 radical (unpaired) electrons. The largest absolute Gasteiger partial charge is 0.321 e. The molecule has 1 aromatic carbocycles. The summed E-state index contributed by atoms with van der Waals surface area (Å²) in [5.74, 6) is 0. The predicted molar refractivity (Wildman–Crippen MR) is 72.3 cm³/mol. The van der Waals surface area contributed by atoms with E-state index in [1.54, 1.807) is 0 Å². The summed E-state index contributed by atoms with van der Waals surface area (Å²) in [4.78, 5) is 0. The molecule has 2 aromatic heterocycles. The van der Waals surface area contributed by atoms with Gasteiger partial charge in [0.15, 0.2) is 0 Å². The standard InChI is InChI=1S/C16H15N/c1-12-8-9-17-13(2)16(11-15(17)10-12)14-6-4-3-5-7-14/h3-11H,1-2H3. The summed E-state index contributed by atoms with van der Waals surface area (Å²) in [5.41, 5.74) is 6.46. The van der Waals surface area contributed by atoms with E-state index in [1.165, 1.54) is 27.9 Å². The van der Waals surface area contributed by atoms with Crippen molar-refractivity contribution >= 4 is 5.52 Å². The maximum atomic E-state index is 2.26. The molecular formula is C16H15N. The second kappa shape index (κ2) is 3.77. The van der Waals surface area contributed by atoms with Crippen LogP contribution in [0.3, 0.4) is 0 Å². The molecule has 17 heavy (non-hydrogen) atoms. The molecule has 84 valence electrons. The molecule has 0 N–H and O–H groups in total. The minimum absolute atomic E-state index is 1.27. The van der Waals surface area contributed by atoms with Gasteiger partial charge in [-0.15, -0.1) is 0 Å². The van der Waals surface area contributed by atoms with Crippen molar-refractivity contribution in [1.82, 2.24) is 4.40 Å². The number of hydrogen-bond donors (Lipinski definition) is 0. The Morgan fingerprint density at radius 1 is 0.882 bits per heavy atom. The summed E-state index contributed by atoms with van der Waals surface area (Å²) in [6.45, 7) is 4.30. The fourth-order valence-electron chi connectivity index (χ4n) is 2.34. The highest BCUT2D eigenvalue weighted by molar-refractivity contribution is 5.73. The molecule has 0 aliphatic rings. The Morgan fingerprint density at radius 3 is 2.41 bits per heavy atom. The molecule has 0 spiro atoms. The highest BCUT2D eigenvalue weighted by Gasteiger charge is 2.07. The van der Waals surface area contributed by atoms with Crippen molar-refractivity contribution in [2.45, 2.75) is 13.8 Å². The third-order valence-corrected chi connectivity index (χ3v) is 3.27. The Morgan fingerprint density at radius 2 is 1.65 bits per heavy atom. The molecule has 1 nitrogen and oxygen atoms in total. The molecule has 0 unspecified atom stereocenters. The lowest BCUT2D eigenvalue weighted by Gasteiger charge is -2.01. The van der Waals surface area contributed by atoms with Gasteiger partial charge in [-0.2, -0.15) is 0 Å². The lowest BCUT2D eigenvalue weighted by molar-refractivity contribution is 1.11. The van der Waals surface area contributed by atoms with Crippen LogP contribution in [0.1, 0.15) is 11.3 Å². The summed E-state index contributed by atoms with van der Waals surface area (Å²) >= 11 is 0. The minimum atomic E-state index is 1.27. The maximum Gasteiger partial charge on any atom is 0.0461 e. The third-order valence-electron chi connectivity index (χ3n) is 3.27. The zero-order valence-electron chi connectivity index (χ0n) is 10.1. The van der Waals surface area contributed by atoms with Gasteiger partial charge in [0.1, 0.15) is 0 Å². The SMILES string of the molecule is Cc1ccn2c(C)c(-c3ccccc3)cc2c1. The summed E-state index contributed by atoms with van der Waals surface area (Å²) < 4.78 is 2.25. The molecule has 3 aromatic rings. The zero-order valence-corrected chi connectivity index (χ0v) is 10.1. The first-order valence-electron chi connectivity index (χ1n) is 5.89. The number of aromatic nitrogens is 1. The first-order chi connectivity index (χ1) is 8.25. The number of fused-ring (bicyclic) bond motifs is 1. The van der Waals surface area contributed by atoms with Gasteiger partial charge in [-0.25, -0.2) is 0 Å². The first-order valence-corrected chi connectivity index (χ1v) is 5.89. The van der Waals surface area contributed by atoms with Crippen LogP contribution in [0, 0.1) is 13.8 Å². The van der Waals surface area contributed by atoms with Gasteiger partial charge in [-0.05, 0) is 43.2 Å². The number of aryl methyl sites for hydroxylation is 2. The Balaban J connectivity index is 2.28. The van der Waals surface area contributed by atoms with E-state index in [2.05, 4.69) is 73.0 Å². The van der Waals surface area contributed by atoms with Crippen LogP contribution in [-0.2, 0) is 0 Å². The second-order valence-corrected chi connectivity index (χ2v) is 4.51. The van der Waals surface area contributed by atoms with Crippen LogP contribution >= 0.6 is 0 Å². The average molecular weight is 221 g/mol. The van der Waals surface area contributed by atoms with Gasteiger partial charge in [0, 0.05) is 23.0 Å². The van der Waals surface area contributed by atoms with E-state index in [1.807, 2.05) is 0 Å². The Bertz CT molecular complexity index is 663. The zero-order chi connectivity index (χ0) is 11.8. The second-order valence-electron chi connectivity index (χ2n) is 4.51. The molecule has 0 atom stereocenters. The Hall–Kier alpha value is -2.02. The van der Waals surface area contributed by atoms with Crippen LogP contribution in [0.5, 0.6) is 0 Å². The summed E-state index contributed by atoms with van der Waals surface area (Å²) in [6, 6.07) is 17.2. The van der Waals surface area contributed by atoms with Crippen LogP contribution < -0.4 is 0 Å². The van der Waals surface area contributed by atoms with E-state index in [-0.39, 0.29) is 0 Å². The maximum absolute atomic E-state index is 2.26. The molecule has 0 bridgehead atoms. The van der Waals surface area contributed by atoms with Crippen molar-refractivity contribution in [3.8, 4) is 11.1 Å². The normalized spacial score (nSPS) is 10.9. The lowest BCUT2D eigenvalue weighted by atomic mass is 10.1. The number of pyridine rings is 1. The molecule has 0 saturated carbocycles. The monoisotopic (exact) mass is 221 g/mol. The van der Waals surface area contributed by atoms with E-state index in [0.29, 0.717) is 0 Å². The van der Waals surface area contributed by atoms with Gasteiger partial charge in [-0.1, -0.05) is 30.3 Å². The summed E-state index contributed by atoms with van der Waals surface area (Å²) in [7, 11) is 0. The fraction of sp³-hybridized carbons (Fsp3) is 0.125. The van der Waals surface area contributed by atoms with Crippen molar-refractivity contribution in [3.05, 3.63) is 66.0 Å². The van der Waals surface area contributed by atoms with Crippen LogP contribution in [0.2, 0.25) is 0 Å². The van der Waals surface area contributed by atoms with Crippen molar-refractivity contribution < 1.29 is 0 Å². The molecule has 0 aliphatic heterocycles. The van der Waals surface area contributed by atoms with Gasteiger partial charge in [-0.3, -0.25) is 0 Å². The van der Waals surface area contributed by atoms with Gasteiger partial charge in [0.25, 0.3) is 0 Å². The summed E-state index contributed by atoms with van der Waals surface area (Å²) in [5, 5.41) is 0. The van der Waals surface area contributed by atoms with Crippen molar-refractivity contribution in [1.29, 1.82) is 0 Å². The molecule has 0 amide bonds. The smallest absolute Gasteiger partial charge is 0.0461 e. The topological polar surface area (TPSA) is 4.41 Å². The van der Waals surface area contributed by atoms with Crippen molar-refractivity contribution in [3.63, 3.8) is 0 Å². The van der Waals surface area contributed by atoms with Crippen LogP contribution in [-0.4, -0.2) is 4.40 Å². The molecule has 0 aliphatic carbocycles. The van der Waals surface area contributed by atoms with Gasteiger partial charge in [0.05, 0.1) is 0 Å².